The fraction of sp³-hybridized carbons (Fsp3) is 0.179. The second-order valence-electron chi connectivity index (χ2n) is 8.62. The minimum Gasteiger partial charge on any atom is -0.318 e. The zero-order valence-corrected chi connectivity index (χ0v) is 18.7. The number of hydrogen-bond acceptors (Lipinski definition) is 1. The highest BCUT2D eigenvalue weighted by molar-refractivity contribution is 5.91. The van der Waals surface area contributed by atoms with Crippen LogP contribution in [-0.2, 0) is 6.54 Å². The molecule has 32 heavy (non-hydrogen) atoms. The van der Waals surface area contributed by atoms with Gasteiger partial charge in [-0.15, -0.1) is 0 Å². The highest BCUT2D eigenvalue weighted by Gasteiger charge is 2.33. The van der Waals surface area contributed by atoms with Crippen LogP contribution >= 0.6 is 0 Å². The molecule has 0 aliphatic carbocycles. The maximum absolute atomic E-state index is 13.8. The molecule has 2 amide bonds. The van der Waals surface area contributed by atoms with Gasteiger partial charge in [-0.3, -0.25) is 0 Å². The minimum atomic E-state index is -0.205. The molecule has 4 aromatic rings. The van der Waals surface area contributed by atoms with Gasteiger partial charge in [-0.25, -0.2) is 4.79 Å². The molecule has 1 N–H and O–H groups in total. The fourth-order valence-electron chi connectivity index (χ4n) is 4.50. The number of nitrogens with zero attached hydrogens (tertiary/aromatic N) is 2. The van der Waals surface area contributed by atoms with Crippen LogP contribution < -0.4 is 5.32 Å². The lowest BCUT2D eigenvalue weighted by Crippen LogP contribution is -2.38. The first kappa shape index (κ1) is 20.1. The molecule has 0 unspecified atom stereocenters. The van der Waals surface area contributed by atoms with Gasteiger partial charge in [0, 0.05) is 17.6 Å². The number of carbonyl (C=O) groups is 1. The van der Waals surface area contributed by atoms with Gasteiger partial charge in [0.05, 0.1) is 18.3 Å². The lowest BCUT2D eigenvalue weighted by Gasteiger charge is -2.31. The van der Waals surface area contributed by atoms with Crippen molar-refractivity contribution in [1.29, 1.82) is 0 Å². The molecule has 1 atom stereocenters. The first-order chi connectivity index (χ1) is 15.5. The van der Waals surface area contributed by atoms with Crippen molar-refractivity contribution >= 4 is 11.7 Å². The van der Waals surface area contributed by atoms with Crippen LogP contribution in [0.2, 0.25) is 0 Å². The lowest BCUT2D eigenvalue weighted by molar-refractivity contribution is 0.194. The van der Waals surface area contributed by atoms with E-state index >= 15 is 0 Å². The van der Waals surface area contributed by atoms with E-state index in [4.69, 9.17) is 0 Å². The second-order valence-corrected chi connectivity index (χ2v) is 8.62. The Labute approximate surface area is 189 Å². The van der Waals surface area contributed by atoms with E-state index in [2.05, 4.69) is 83.7 Å². The first-order valence-corrected chi connectivity index (χ1v) is 11.0. The number of amides is 2. The Kier molecular flexibility index (Phi) is 5.06. The van der Waals surface area contributed by atoms with E-state index in [9.17, 15) is 4.79 Å². The molecule has 3 aromatic carbocycles. The maximum atomic E-state index is 13.8. The van der Waals surface area contributed by atoms with Gasteiger partial charge in [0.25, 0.3) is 0 Å². The number of para-hydroxylation sites is 1. The molecular formula is C28H27N3O. The normalized spacial score (nSPS) is 15.0. The molecule has 0 fully saturated rings. The van der Waals surface area contributed by atoms with Gasteiger partial charge < -0.3 is 14.8 Å². The number of aromatic nitrogens is 1. The smallest absolute Gasteiger partial charge is 0.318 e. The summed E-state index contributed by atoms with van der Waals surface area (Å²) in [6.45, 7) is 6.67. The number of rotatable bonds is 2. The Hall–Kier alpha value is -3.79. The second kappa shape index (κ2) is 8.04. The number of hydrogen-bond donors (Lipinski definition) is 1. The molecule has 1 aromatic heterocycles. The van der Waals surface area contributed by atoms with Gasteiger partial charge in [0.15, 0.2) is 0 Å². The van der Waals surface area contributed by atoms with Crippen molar-refractivity contribution < 1.29 is 4.79 Å². The SMILES string of the molecule is Cc1ccc([C@@H]2c3cccn3-c3ccccc3CN2C(=O)Nc2cc(C)ccc2C)cc1. The van der Waals surface area contributed by atoms with Crippen LogP contribution in [0.4, 0.5) is 10.5 Å². The van der Waals surface area contributed by atoms with Crippen LogP contribution in [0.3, 0.4) is 0 Å². The highest BCUT2D eigenvalue weighted by atomic mass is 16.2. The Balaban J connectivity index is 1.63. The summed E-state index contributed by atoms with van der Waals surface area (Å²) in [5.74, 6) is 0. The Morgan fingerprint density at radius 3 is 2.44 bits per heavy atom. The third-order valence-electron chi connectivity index (χ3n) is 6.25. The molecule has 1 aliphatic heterocycles. The largest absolute Gasteiger partial charge is 0.322 e. The first-order valence-electron chi connectivity index (χ1n) is 11.0. The van der Waals surface area contributed by atoms with Gasteiger partial charge in [-0.05, 0) is 67.3 Å². The summed E-state index contributed by atoms with van der Waals surface area (Å²) in [4.78, 5) is 15.7. The molecule has 0 saturated carbocycles. The molecule has 2 heterocycles. The van der Waals surface area contributed by atoms with Crippen molar-refractivity contribution in [3.63, 3.8) is 0 Å². The van der Waals surface area contributed by atoms with Crippen LogP contribution in [0.5, 0.6) is 0 Å². The minimum absolute atomic E-state index is 0.103. The number of nitrogens with one attached hydrogen (secondary N) is 1. The Morgan fingerprint density at radius 1 is 0.875 bits per heavy atom. The fourth-order valence-corrected chi connectivity index (χ4v) is 4.50. The summed E-state index contributed by atoms with van der Waals surface area (Å²) >= 11 is 0. The zero-order chi connectivity index (χ0) is 22.2. The highest BCUT2D eigenvalue weighted by Crippen LogP contribution is 2.37. The summed E-state index contributed by atoms with van der Waals surface area (Å²) in [5, 5.41) is 3.19. The summed E-state index contributed by atoms with van der Waals surface area (Å²) in [5.41, 5.74) is 8.64. The Morgan fingerprint density at radius 2 is 1.62 bits per heavy atom. The maximum Gasteiger partial charge on any atom is 0.322 e. The van der Waals surface area contributed by atoms with Crippen LogP contribution in [0.15, 0.2) is 85.1 Å². The van der Waals surface area contributed by atoms with Crippen molar-refractivity contribution in [3.8, 4) is 5.69 Å². The van der Waals surface area contributed by atoms with Crippen molar-refractivity contribution in [3.05, 3.63) is 119 Å². The van der Waals surface area contributed by atoms with E-state index in [1.165, 1.54) is 5.56 Å². The summed E-state index contributed by atoms with van der Waals surface area (Å²) in [6, 6.07) is 26.8. The summed E-state index contributed by atoms with van der Waals surface area (Å²) in [6.07, 6.45) is 2.08. The number of benzene rings is 3. The quantitative estimate of drug-likeness (QED) is 0.392. The molecular weight excluding hydrogens is 394 g/mol. The third kappa shape index (κ3) is 3.58. The molecule has 160 valence electrons. The van der Waals surface area contributed by atoms with E-state index in [1.807, 2.05) is 36.9 Å². The number of aryl methyl sites for hydroxylation is 3. The predicted octanol–water partition coefficient (Wildman–Crippen LogP) is 6.54. The average Bonchev–Trinajstić information content (AvgIpc) is 3.21. The molecule has 0 spiro atoms. The number of urea groups is 1. The molecule has 0 saturated heterocycles. The summed E-state index contributed by atoms with van der Waals surface area (Å²) in [7, 11) is 0. The van der Waals surface area contributed by atoms with E-state index in [1.54, 1.807) is 0 Å². The van der Waals surface area contributed by atoms with Gasteiger partial charge >= 0.3 is 6.03 Å². The van der Waals surface area contributed by atoms with E-state index < -0.39 is 0 Å². The van der Waals surface area contributed by atoms with Crippen molar-refractivity contribution in [1.82, 2.24) is 9.47 Å². The van der Waals surface area contributed by atoms with E-state index in [0.717, 1.165) is 39.3 Å². The van der Waals surface area contributed by atoms with Crippen molar-refractivity contribution in [2.75, 3.05) is 5.32 Å². The van der Waals surface area contributed by atoms with Crippen LogP contribution in [0.1, 0.15) is 39.6 Å². The van der Waals surface area contributed by atoms with Crippen LogP contribution in [-0.4, -0.2) is 15.5 Å². The topological polar surface area (TPSA) is 37.3 Å². The predicted molar refractivity (Wildman–Crippen MR) is 129 cm³/mol. The molecule has 4 nitrogen and oxygen atoms in total. The van der Waals surface area contributed by atoms with Crippen LogP contribution in [0, 0.1) is 20.8 Å². The number of fused-ring (bicyclic) bond motifs is 3. The molecule has 1 aliphatic rings. The van der Waals surface area contributed by atoms with E-state index in [-0.39, 0.29) is 12.1 Å². The van der Waals surface area contributed by atoms with Crippen molar-refractivity contribution in [2.24, 2.45) is 0 Å². The molecule has 0 bridgehead atoms. The standard InChI is InChI=1S/C28H27N3O/c1-19-11-14-22(15-12-19)27-26-9-6-16-30(26)25-8-5-4-7-23(25)18-31(27)28(32)29-24-17-20(2)10-13-21(24)3/h4-17,27H,18H2,1-3H3,(H,29,32)/t27-/m1/s1. The van der Waals surface area contributed by atoms with Gasteiger partial charge in [-0.2, -0.15) is 0 Å². The monoisotopic (exact) mass is 421 g/mol. The lowest BCUT2D eigenvalue weighted by atomic mass is 10.0. The van der Waals surface area contributed by atoms with Gasteiger partial charge in [0.2, 0.25) is 0 Å². The molecule has 5 rings (SSSR count). The number of carbonyl (C=O) groups excluding carboxylic acids is 1. The number of anilines is 1. The Bertz CT molecular complexity index is 1290. The van der Waals surface area contributed by atoms with Gasteiger partial charge in [0.1, 0.15) is 0 Å². The molecule has 0 radical (unpaired) electrons. The van der Waals surface area contributed by atoms with Crippen LogP contribution in [0.25, 0.3) is 5.69 Å². The molecule has 4 heteroatoms. The van der Waals surface area contributed by atoms with E-state index in [0.29, 0.717) is 6.54 Å². The summed E-state index contributed by atoms with van der Waals surface area (Å²) < 4.78 is 2.21. The average molecular weight is 422 g/mol. The third-order valence-corrected chi connectivity index (χ3v) is 6.25. The van der Waals surface area contributed by atoms with Gasteiger partial charge in [-0.1, -0.05) is 60.2 Å². The van der Waals surface area contributed by atoms with Crippen molar-refractivity contribution in [2.45, 2.75) is 33.4 Å². The zero-order valence-electron chi connectivity index (χ0n) is 18.7.